The molecule has 0 bridgehead atoms. The number of nitrogens with zero attached hydrogens (tertiary/aromatic N) is 1. The molecule has 0 unspecified atom stereocenters. The molecule has 1 N–H and O–H groups in total. The van der Waals surface area contributed by atoms with Crippen LogP contribution in [0.2, 0.25) is 0 Å². The van der Waals surface area contributed by atoms with Crippen LogP contribution in [-0.4, -0.2) is 12.2 Å². The molecule has 0 fully saturated rings. The minimum Gasteiger partial charge on any atom is -0.389 e. The number of aliphatic hydroxyl groups excluding tert-OH is 1. The SMILES string of the molecule is C[C@H](O)c1ccc(N(C)Cc2cc(Br)cs2)c(F)c1. The quantitative estimate of drug-likeness (QED) is 0.892. The first kappa shape index (κ1) is 14.5. The summed E-state index contributed by atoms with van der Waals surface area (Å²) in [5.74, 6) is -0.309. The molecule has 1 atom stereocenters. The van der Waals surface area contributed by atoms with Gasteiger partial charge in [0.1, 0.15) is 5.82 Å². The van der Waals surface area contributed by atoms with Gasteiger partial charge in [-0.1, -0.05) is 6.07 Å². The second-order valence-electron chi connectivity index (χ2n) is 4.47. The zero-order valence-corrected chi connectivity index (χ0v) is 13.1. The summed E-state index contributed by atoms with van der Waals surface area (Å²) in [6.45, 7) is 2.28. The fourth-order valence-corrected chi connectivity index (χ4v) is 3.35. The summed E-state index contributed by atoms with van der Waals surface area (Å²) in [6, 6.07) is 6.88. The Labute approximate surface area is 124 Å². The fraction of sp³-hybridized carbons (Fsp3) is 0.286. The van der Waals surface area contributed by atoms with Gasteiger partial charge < -0.3 is 10.0 Å². The van der Waals surface area contributed by atoms with E-state index in [1.54, 1.807) is 30.4 Å². The predicted octanol–water partition coefficient (Wildman–Crippen LogP) is 4.34. The summed E-state index contributed by atoms with van der Waals surface area (Å²) in [7, 11) is 1.86. The highest BCUT2D eigenvalue weighted by Gasteiger charge is 2.11. The fourth-order valence-electron chi connectivity index (χ4n) is 1.85. The average molecular weight is 344 g/mol. The molecule has 1 aromatic heterocycles. The number of hydrogen-bond donors (Lipinski definition) is 1. The minimum absolute atomic E-state index is 0.309. The molecule has 0 radical (unpaired) electrons. The van der Waals surface area contributed by atoms with E-state index in [9.17, 15) is 9.50 Å². The normalized spacial score (nSPS) is 12.5. The third-order valence-electron chi connectivity index (χ3n) is 2.88. The van der Waals surface area contributed by atoms with Gasteiger partial charge in [0.25, 0.3) is 0 Å². The molecule has 1 aromatic carbocycles. The second kappa shape index (κ2) is 6.03. The molecule has 5 heteroatoms. The van der Waals surface area contributed by atoms with Crippen molar-refractivity contribution in [1.29, 1.82) is 0 Å². The van der Waals surface area contributed by atoms with Crippen molar-refractivity contribution in [3.05, 3.63) is 50.4 Å². The first-order valence-corrected chi connectivity index (χ1v) is 7.56. The van der Waals surface area contributed by atoms with E-state index in [4.69, 9.17) is 0 Å². The van der Waals surface area contributed by atoms with E-state index < -0.39 is 6.10 Å². The van der Waals surface area contributed by atoms with Gasteiger partial charge in [-0.2, -0.15) is 0 Å². The largest absolute Gasteiger partial charge is 0.389 e. The Bertz CT molecular complexity index is 570. The topological polar surface area (TPSA) is 23.5 Å². The number of rotatable bonds is 4. The molecule has 0 aliphatic carbocycles. The Morgan fingerprint density at radius 2 is 2.16 bits per heavy atom. The zero-order chi connectivity index (χ0) is 14.0. The van der Waals surface area contributed by atoms with Gasteiger partial charge in [0, 0.05) is 21.8 Å². The Kier molecular flexibility index (Phi) is 4.60. The van der Waals surface area contributed by atoms with Gasteiger partial charge in [-0.25, -0.2) is 4.39 Å². The van der Waals surface area contributed by atoms with Gasteiger partial charge in [0.05, 0.1) is 18.3 Å². The van der Waals surface area contributed by atoms with Crippen molar-refractivity contribution in [3.8, 4) is 0 Å². The number of anilines is 1. The van der Waals surface area contributed by atoms with E-state index in [0.717, 1.165) is 9.35 Å². The number of halogens is 2. The number of benzene rings is 1. The van der Waals surface area contributed by atoms with E-state index >= 15 is 0 Å². The van der Waals surface area contributed by atoms with Gasteiger partial charge in [-0.3, -0.25) is 0 Å². The minimum atomic E-state index is -0.651. The number of aliphatic hydroxyl groups is 1. The number of hydrogen-bond acceptors (Lipinski definition) is 3. The van der Waals surface area contributed by atoms with Crippen LogP contribution in [0.25, 0.3) is 0 Å². The molecule has 102 valence electrons. The lowest BCUT2D eigenvalue weighted by molar-refractivity contribution is 0.199. The summed E-state index contributed by atoms with van der Waals surface area (Å²) < 4.78 is 15.1. The lowest BCUT2D eigenvalue weighted by atomic mass is 10.1. The predicted molar refractivity (Wildman–Crippen MR) is 81.2 cm³/mol. The third kappa shape index (κ3) is 3.55. The molecule has 2 nitrogen and oxygen atoms in total. The first-order chi connectivity index (χ1) is 8.97. The summed E-state index contributed by atoms with van der Waals surface area (Å²) >= 11 is 5.04. The molecule has 2 rings (SSSR count). The van der Waals surface area contributed by atoms with Crippen molar-refractivity contribution >= 4 is 33.0 Å². The van der Waals surface area contributed by atoms with Crippen LogP contribution >= 0.6 is 27.3 Å². The molecule has 0 spiro atoms. The van der Waals surface area contributed by atoms with Gasteiger partial charge in [0.15, 0.2) is 0 Å². The van der Waals surface area contributed by atoms with Gasteiger partial charge in [-0.15, -0.1) is 11.3 Å². The maximum atomic E-state index is 14.0. The van der Waals surface area contributed by atoms with E-state index in [-0.39, 0.29) is 5.82 Å². The summed E-state index contributed by atoms with van der Waals surface area (Å²) in [5.41, 5.74) is 1.13. The van der Waals surface area contributed by atoms with Crippen LogP contribution in [0, 0.1) is 5.82 Å². The molecule has 0 saturated heterocycles. The van der Waals surface area contributed by atoms with Crippen molar-refractivity contribution in [2.45, 2.75) is 19.6 Å². The van der Waals surface area contributed by atoms with Crippen LogP contribution in [0.15, 0.2) is 34.1 Å². The van der Waals surface area contributed by atoms with Crippen LogP contribution in [0.3, 0.4) is 0 Å². The molecule has 19 heavy (non-hydrogen) atoms. The highest BCUT2D eigenvalue weighted by atomic mass is 79.9. The highest BCUT2D eigenvalue weighted by Crippen LogP contribution is 2.26. The van der Waals surface area contributed by atoms with E-state index in [1.807, 2.05) is 23.4 Å². The molecule has 2 aromatic rings. The molecular formula is C14H15BrFNOS. The van der Waals surface area contributed by atoms with Crippen molar-refractivity contribution in [2.75, 3.05) is 11.9 Å². The molecular weight excluding hydrogens is 329 g/mol. The molecule has 0 aliphatic heterocycles. The molecule has 0 aliphatic rings. The van der Waals surface area contributed by atoms with Crippen LogP contribution in [0.1, 0.15) is 23.5 Å². The van der Waals surface area contributed by atoms with Crippen molar-refractivity contribution < 1.29 is 9.50 Å². The zero-order valence-electron chi connectivity index (χ0n) is 10.7. The second-order valence-corrected chi connectivity index (χ2v) is 6.39. The Morgan fingerprint density at radius 3 is 2.68 bits per heavy atom. The monoisotopic (exact) mass is 343 g/mol. The van der Waals surface area contributed by atoms with Gasteiger partial charge in [0.2, 0.25) is 0 Å². The standard InChI is InChI=1S/C14H15BrFNOS/c1-9(18)10-3-4-14(13(16)5-10)17(2)7-12-6-11(15)8-19-12/h3-6,8-9,18H,7H2,1-2H3/t9-/m0/s1. The third-order valence-corrected chi connectivity index (χ3v) is 4.56. The smallest absolute Gasteiger partial charge is 0.146 e. The molecule has 0 amide bonds. The average Bonchev–Trinajstić information content (AvgIpc) is 2.74. The number of thiophene rings is 1. The molecule has 1 heterocycles. The van der Waals surface area contributed by atoms with E-state index in [1.165, 1.54) is 6.07 Å². The van der Waals surface area contributed by atoms with Crippen molar-refractivity contribution in [1.82, 2.24) is 0 Å². The van der Waals surface area contributed by atoms with E-state index in [2.05, 4.69) is 15.9 Å². The van der Waals surface area contributed by atoms with Crippen molar-refractivity contribution in [2.24, 2.45) is 0 Å². The molecule has 0 saturated carbocycles. The van der Waals surface area contributed by atoms with E-state index in [0.29, 0.717) is 17.8 Å². The summed E-state index contributed by atoms with van der Waals surface area (Å²) in [5, 5.41) is 11.4. The lowest BCUT2D eigenvalue weighted by Gasteiger charge is -2.20. The Balaban J connectivity index is 2.17. The maximum Gasteiger partial charge on any atom is 0.146 e. The summed E-state index contributed by atoms with van der Waals surface area (Å²) in [4.78, 5) is 3.02. The van der Waals surface area contributed by atoms with Crippen LogP contribution in [0.4, 0.5) is 10.1 Å². The first-order valence-electron chi connectivity index (χ1n) is 5.89. The summed E-state index contributed by atoms with van der Waals surface area (Å²) in [6.07, 6.45) is -0.651. The van der Waals surface area contributed by atoms with Crippen LogP contribution in [0.5, 0.6) is 0 Å². The van der Waals surface area contributed by atoms with Crippen LogP contribution < -0.4 is 4.90 Å². The maximum absolute atomic E-state index is 14.0. The van der Waals surface area contributed by atoms with Crippen molar-refractivity contribution in [3.63, 3.8) is 0 Å². The van der Waals surface area contributed by atoms with Crippen LogP contribution in [-0.2, 0) is 6.54 Å². The van der Waals surface area contributed by atoms with Gasteiger partial charge >= 0.3 is 0 Å². The Hall–Kier alpha value is -0.910. The Morgan fingerprint density at radius 1 is 1.42 bits per heavy atom. The highest BCUT2D eigenvalue weighted by molar-refractivity contribution is 9.10. The lowest BCUT2D eigenvalue weighted by Crippen LogP contribution is -2.17. The van der Waals surface area contributed by atoms with Gasteiger partial charge in [-0.05, 0) is 46.6 Å².